The van der Waals surface area contributed by atoms with Crippen LogP contribution >= 0.6 is 0 Å². The Balaban J connectivity index is 3.36. The number of carbonyl (C=O) groups is 2. The summed E-state index contributed by atoms with van der Waals surface area (Å²) >= 11 is 0. The Labute approximate surface area is 449 Å². The van der Waals surface area contributed by atoms with E-state index in [1.807, 2.05) is 0 Å². The third-order valence-corrected chi connectivity index (χ3v) is 14.9. The molecule has 0 saturated carbocycles. The molecule has 0 aromatic rings. The van der Waals surface area contributed by atoms with Gasteiger partial charge in [-0.3, -0.25) is 9.59 Å². The van der Waals surface area contributed by atoms with Gasteiger partial charge in [-0.2, -0.15) is 0 Å². The van der Waals surface area contributed by atoms with E-state index in [1.54, 1.807) is 0 Å². The first-order valence-electron chi connectivity index (χ1n) is 32.2. The van der Waals surface area contributed by atoms with Gasteiger partial charge in [0.1, 0.15) is 0 Å². The number of aliphatic hydroxyl groups excluding tert-OH is 2. The minimum Gasteiger partial charge on any atom is -0.466 e. The van der Waals surface area contributed by atoms with Crippen LogP contribution in [0.3, 0.4) is 0 Å². The number of ether oxygens (including phenoxy) is 1. The maximum absolute atomic E-state index is 12.5. The van der Waals surface area contributed by atoms with Crippen molar-refractivity contribution >= 4 is 11.9 Å². The molecule has 6 heteroatoms. The van der Waals surface area contributed by atoms with Crippen molar-refractivity contribution in [2.75, 3.05) is 13.2 Å². The number of aliphatic hydroxyl groups is 2. The van der Waals surface area contributed by atoms with Gasteiger partial charge in [-0.1, -0.05) is 294 Å². The number of nitrogens with one attached hydrogen (secondary N) is 1. The van der Waals surface area contributed by atoms with Crippen LogP contribution in [0.2, 0.25) is 0 Å². The van der Waals surface area contributed by atoms with Crippen LogP contribution in [0.25, 0.3) is 0 Å². The van der Waals surface area contributed by atoms with E-state index >= 15 is 0 Å². The summed E-state index contributed by atoms with van der Waals surface area (Å²) in [6.07, 6.45) is 77.4. The maximum Gasteiger partial charge on any atom is 0.305 e. The van der Waals surface area contributed by atoms with Crippen molar-refractivity contribution in [2.24, 2.45) is 0 Å². The largest absolute Gasteiger partial charge is 0.466 e. The molecule has 2 atom stereocenters. The van der Waals surface area contributed by atoms with Crippen LogP contribution in [0.1, 0.15) is 348 Å². The minimum atomic E-state index is -0.662. The van der Waals surface area contributed by atoms with Crippen LogP contribution in [0.5, 0.6) is 0 Å². The summed E-state index contributed by atoms with van der Waals surface area (Å²) in [5.74, 6) is -0.0319. The summed E-state index contributed by atoms with van der Waals surface area (Å²) < 4.78 is 5.48. The molecule has 424 valence electrons. The van der Waals surface area contributed by atoms with E-state index in [4.69, 9.17) is 4.74 Å². The first-order chi connectivity index (χ1) is 35.5. The highest BCUT2D eigenvalue weighted by atomic mass is 16.5. The number of amides is 1. The van der Waals surface area contributed by atoms with Gasteiger partial charge in [0.05, 0.1) is 25.4 Å². The fourth-order valence-corrected chi connectivity index (χ4v) is 9.95. The topological polar surface area (TPSA) is 95.9 Å². The van der Waals surface area contributed by atoms with E-state index in [1.165, 1.54) is 263 Å². The summed E-state index contributed by atoms with van der Waals surface area (Å²) in [4.78, 5) is 24.5. The van der Waals surface area contributed by atoms with Crippen molar-refractivity contribution in [2.45, 2.75) is 360 Å². The SMILES string of the molecule is CCCC/C=C\C/C=C\CCCCCCCC(=O)OCCCCCCCCCCCCCC/C=C\CCCCCCCCCCCCCCCC(=O)NC(CO)C(O)CCCCCCCCCCCCCC. The van der Waals surface area contributed by atoms with Crippen LogP contribution in [0.4, 0.5) is 0 Å². The zero-order valence-corrected chi connectivity index (χ0v) is 48.4. The van der Waals surface area contributed by atoms with E-state index in [0.717, 1.165) is 51.4 Å². The number of unbranched alkanes of at least 4 members (excludes halogenated alkanes) is 43. The van der Waals surface area contributed by atoms with E-state index in [0.29, 0.717) is 25.9 Å². The number of esters is 1. The Morgan fingerprint density at radius 2 is 0.708 bits per heavy atom. The third kappa shape index (κ3) is 57.4. The average Bonchev–Trinajstić information content (AvgIpc) is 3.38. The molecule has 0 aromatic heterocycles. The van der Waals surface area contributed by atoms with Crippen LogP contribution in [0.15, 0.2) is 36.5 Å². The first kappa shape index (κ1) is 70.1. The molecule has 0 aromatic carbocycles. The van der Waals surface area contributed by atoms with Gasteiger partial charge < -0.3 is 20.3 Å². The Morgan fingerprint density at radius 3 is 1.11 bits per heavy atom. The lowest BCUT2D eigenvalue weighted by molar-refractivity contribution is -0.143. The van der Waals surface area contributed by atoms with Crippen LogP contribution in [-0.2, 0) is 14.3 Å². The Kier molecular flexibility index (Phi) is 60.0. The van der Waals surface area contributed by atoms with E-state index in [2.05, 4.69) is 55.6 Å². The molecule has 0 saturated heterocycles. The van der Waals surface area contributed by atoms with Gasteiger partial charge in [-0.25, -0.2) is 0 Å². The maximum atomic E-state index is 12.5. The van der Waals surface area contributed by atoms with Crippen molar-refractivity contribution in [1.29, 1.82) is 0 Å². The minimum absolute atomic E-state index is 0.00181. The summed E-state index contributed by atoms with van der Waals surface area (Å²) in [7, 11) is 0. The highest BCUT2D eigenvalue weighted by Crippen LogP contribution is 2.18. The second kappa shape index (κ2) is 61.6. The highest BCUT2D eigenvalue weighted by Gasteiger charge is 2.20. The van der Waals surface area contributed by atoms with Crippen LogP contribution < -0.4 is 5.32 Å². The Morgan fingerprint density at radius 1 is 0.389 bits per heavy atom. The molecule has 0 fully saturated rings. The van der Waals surface area contributed by atoms with Gasteiger partial charge in [-0.15, -0.1) is 0 Å². The van der Waals surface area contributed by atoms with Crippen molar-refractivity contribution in [3.63, 3.8) is 0 Å². The van der Waals surface area contributed by atoms with Gasteiger partial charge in [0.15, 0.2) is 0 Å². The van der Waals surface area contributed by atoms with Crippen LogP contribution in [-0.4, -0.2) is 47.4 Å². The van der Waals surface area contributed by atoms with Gasteiger partial charge in [-0.05, 0) is 77.0 Å². The molecule has 0 rings (SSSR count). The molecule has 0 aliphatic rings. The molecule has 6 nitrogen and oxygen atoms in total. The molecule has 0 radical (unpaired) electrons. The third-order valence-electron chi connectivity index (χ3n) is 14.9. The number of allylic oxidation sites excluding steroid dienone is 6. The van der Waals surface area contributed by atoms with Crippen molar-refractivity contribution in [1.82, 2.24) is 5.32 Å². The van der Waals surface area contributed by atoms with Gasteiger partial charge in [0.25, 0.3) is 0 Å². The predicted octanol–water partition coefficient (Wildman–Crippen LogP) is 20.4. The molecule has 72 heavy (non-hydrogen) atoms. The van der Waals surface area contributed by atoms with Crippen molar-refractivity contribution < 1.29 is 24.5 Å². The standard InChI is InChI=1S/C66H125NO5/c1-3-5-7-9-11-13-15-17-36-40-44-48-52-56-60-66(71)72-61-57-53-49-45-41-37-34-32-30-28-26-24-22-20-18-19-21-23-25-27-29-31-33-35-39-43-47-51-55-59-65(70)67-63(62-68)64(69)58-54-50-46-42-38-16-14-12-10-8-6-4-2/h9,11,15,17-18,20,63-64,68-69H,3-8,10,12-14,16,19,21-62H2,1-2H3,(H,67,70)/b11-9-,17-15-,20-18-. The van der Waals surface area contributed by atoms with Crippen LogP contribution in [0, 0.1) is 0 Å². The molecule has 0 aliphatic heterocycles. The highest BCUT2D eigenvalue weighted by molar-refractivity contribution is 5.76. The number of rotatable bonds is 60. The fraction of sp³-hybridized carbons (Fsp3) is 0.879. The first-order valence-corrected chi connectivity index (χ1v) is 32.2. The molecule has 2 unspecified atom stereocenters. The lowest BCUT2D eigenvalue weighted by Crippen LogP contribution is -2.45. The molecule has 1 amide bonds. The fourth-order valence-electron chi connectivity index (χ4n) is 9.95. The lowest BCUT2D eigenvalue weighted by atomic mass is 10.0. The summed E-state index contributed by atoms with van der Waals surface area (Å²) in [6.45, 7) is 4.92. The molecular weight excluding hydrogens is 887 g/mol. The van der Waals surface area contributed by atoms with Gasteiger partial charge >= 0.3 is 5.97 Å². The molecule has 0 spiro atoms. The number of hydrogen-bond donors (Lipinski definition) is 3. The van der Waals surface area contributed by atoms with E-state index in [-0.39, 0.29) is 18.5 Å². The second-order valence-corrected chi connectivity index (χ2v) is 22.1. The Hall–Kier alpha value is -1.92. The summed E-state index contributed by atoms with van der Waals surface area (Å²) in [6, 6.07) is -0.540. The quantitative estimate of drug-likeness (QED) is 0.0320. The molecule has 0 aliphatic carbocycles. The molecule has 3 N–H and O–H groups in total. The molecular formula is C66H125NO5. The van der Waals surface area contributed by atoms with Crippen molar-refractivity contribution in [3.8, 4) is 0 Å². The monoisotopic (exact) mass is 1010 g/mol. The predicted molar refractivity (Wildman–Crippen MR) is 315 cm³/mol. The Bertz CT molecular complexity index is 1170. The zero-order chi connectivity index (χ0) is 52.2. The number of hydrogen-bond acceptors (Lipinski definition) is 5. The smallest absolute Gasteiger partial charge is 0.305 e. The normalized spacial score (nSPS) is 12.8. The summed E-state index contributed by atoms with van der Waals surface area (Å²) in [5, 5.41) is 23.2. The molecule has 0 bridgehead atoms. The van der Waals surface area contributed by atoms with E-state index < -0.39 is 12.1 Å². The zero-order valence-electron chi connectivity index (χ0n) is 48.4. The molecule has 0 heterocycles. The van der Waals surface area contributed by atoms with Gasteiger partial charge in [0.2, 0.25) is 5.91 Å². The number of carbonyl (C=O) groups excluding carboxylic acids is 2. The van der Waals surface area contributed by atoms with Crippen molar-refractivity contribution in [3.05, 3.63) is 36.5 Å². The van der Waals surface area contributed by atoms with Gasteiger partial charge in [0, 0.05) is 12.8 Å². The lowest BCUT2D eigenvalue weighted by Gasteiger charge is -2.22. The summed E-state index contributed by atoms with van der Waals surface area (Å²) in [5.41, 5.74) is 0. The van der Waals surface area contributed by atoms with E-state index in [9.17, 15) is 19.8 Å². The second-order valence-electron chi connectivity index (χ2n) is 22.1. The average molecular weight is 1010 g/mol.